The highest BCUT2D eigenvalue weighted by Crippen LogP contribution is 2.04. The van der Waals surface area contributed by atoms with Crippen LogP contribution in [0.25, 0.3) is 5.65 Å². The lowest BCUT2D eigenvalue weighted by atomic mass is 10.2. The number of pyridine rings is 1. The van der Waals surface area contributed by atoms with Crippen LogP contribution in [0, 0.1) is 0 Å². The monoisotopic (exact) mass is 359 g/mol. The summed E-state index contributed by atoms with van der Waals surface area (Å²) in [7, 11) is 0. The van der Waals surface area contributed by atoms with Gasteiger partial charge in [0.1, 0.15) is 5.65 Å². The molecule has 1 saturated heterocycles. The number of nitrogens with zero attached hydrogens (tertiary/aromatic N) is 3. The molecule has 23 heavy (non-hydrogen) atoms. The highest BCUT2D eigenvalue weighted by Gasteiger charge is 2.09. The zero-order chi connectivity index (χ0) is 14.5. The molecule has 3 heterocycles. The van der Waals surface area contributed by atoms with Gasteiger partial charge in [0.15, 0.2) is 0 Å². The van der Waals surface area contributed by atoms with Crippen LogP contribution < -0.4 is 10.6 Å². The van der Waals surface area contributed by atoms with Crippen LogP contribution in [-0.2, 0) is 0 Å². The fraction of sp³-hybridized carbons (Fsp3) is 0.467. The van der Waals surface area contributed by atoms with E-state index < -0.39 is 0 Å². The Balaban J connectivity index is 0.00000132. The van der Waals surface area contributed by atoms with Gasteiger partial charge < -0.3 is 19.9 Å². The minimum absolute atomic E-state index is 0. The molecule has 128 valence electrons. The van der Waals surface area contributed by atoms with E-state index in [9.17, 15) is 4.79 Å². The van der Waals surface area contributed by atoms with E-state index in [-0.39, 0.29) is 30.7 Å². The molecular weight excluding hydrogens is 337 g/mol. The van der Waals surface area contributed by atoms with Gasteiger partial charge in [0, 0.05) is 51.3 Å². The number of halogens is 2. The fourth-order valence-corrected chi connectivity index (χ4v) is 2.60. The number of hydrogen-bond donors (Lipinski definition) is 2. The number of aromatic nitrogens is 2. The van der Waals surface area contributed by atoms with Crippen molar-refractivity contribution >= 4 is 36.4 Å². The van der Waals surface area contributed by atoms with Crippen molar-refractivity contribution in [2.75, 3.05) is 39.3 Å². The first-order valence-corrected chi connectivity index (χ1v) is 7.47. The van der Waals surface area contributed by atoms with Gasteiger partial charge in [-0.1, -0.05) is 0 Å². The second-order valence-corrected chi connectivity index (χ2v) is 5.31. The van der Waals surface area contributed by atoms with Crippen LogP contribution in [0.4, 0.5) is 0 Å². The van der Waals surface area contributed by atoms with Gasteiger partial charge in [0.2, 0.25) is 0 Å². The topological polar surface area (TPSA) is 61.7 Å². The Morgan fingerprint density at radius 1 is 1.26 bits per heavy atom. The number of nitrogens with one attached hydrogen (secondary N) is 2. The fourth-order valence-electron chi connectivity index (χ4n) is 2.60. The van der Waals surface area contributed by atoms with E-state index in [0.717, 1.165) is 44.8 Å². The summed E-state index contributed by atoms with van der Waals surface area (Å²) in [6, 6.07) is 3.67. The zero-order valence-electron chi connectivity index (χ0n) is 12.9. The number of fused-ring (bicyclic) bond motifs is 1. The van der Waals surface area contributed by atoms with Crippen LogP contribution in [0.5, 0.6) is 0 Å². The average molecular weight is 360 g/mol. The molecule has 0 unspecified atom stereocenters. The molecule has 8 heteroatoms. The van der Waals surface area contributed by atoms with Gasteiger partial charge in [-0.05, 0) is 25.1 Å². The smallest absolute Gasteiger partial charge is 0.252 e. The van der Waals surface area contributed by atoms with Crippen LogP contribution in [0.1, 0.15) is 16.8 Å². The van der Waals surface area contributed by atoms with Gasteiger partial charge in [-0.3, -0.25) is 4.79 Å². The van der Waals surface area contributed by atoms with Crippen LogP contribution >= 0.6 is 24.8 Å². The molecule has 1 aliphatic rings. The minimum atomic E-state index is -0.0223. The summed E-state index contributed by atoms with van der Waals surface area (Å²) in [4.78, 5) is 18.7. The maximum absolute atomic E-state index is 12.1. The number of carbonyl (C=O) groups is 1. The molecular formula is C15H23Cl2N5O. The summed E-state index contributed by atoms with van der Waals surface area (Å²) < 4.78 is 1.86. The molecule has 0 aliphatic carbocycles. The van der Waals surface area contributed by atoms with E-state index in [1.807, 2.05) is 28.9 Å². The SMILES string of the molecule is Cl.Cl.O=C(NCCCN1CCNCC1)c1ccc2nccn2c1. The normalized spacial score (nSPS) is 14.8. The number of amides is 1. The summed E-state index contributed by atoms with van der Waals surface area (Å²) in [5, 5.41) is 6.32. The number of piperazine rings is 1. The van der Waals surface area contributed by atoms with Crippen molar-refractivity contribution in [1.82, 2.24) is 24.9 Å². The maximum Gasteiger partial charge on any atom is 0.252 e. The van der Waals surface area contributed by atoms with E-state index in [1.165, 1.54) is 0 Å². The quantitative estimate of drug-likeness (QED) is 0.787. The summed E-state index contributed by atoms with van der Waals surface area (Å²) in [6.45, 7) is 6.10. The lowest BCUT2D eigenvalue weighted by Gasteiger charge is -2.27. The van der Waals surface area contributed by atoms with Gasteiger partial charge in [-0.2, -0.15) is 0 Å². The third-order valence-electron chi connectivity index (χ3n) is 3.80. The summed E-state index contributed by atoms with van der Waals surface area (Å²) >= 11 is 0. The lowest BCUT2D eigenvalue weighted by molar-refractivity contribution is 0.0951. The van der Waals surface area contributed by atoms with Crippen molar-refractivity contribution in [3.8, 4) is 0 Å². The van der Waals surface area contributed by atoms with E-state index in [1.54, 1.807) is 6.20 Å². The van der Waals surface area contributed by atoms with Gasteiger partial charge >= 0.3 is 0 Å². The van der Waals surface area contributed by atoms with Gasteiger partial charge in [0.05, 0.1) is 5.56 Å². The number of imidazole rings is 1. The molecule has 0 aromatic carbocycles. The Kier molecular flexibility index (Phi) is 8.33. The number of rotatable bonds is 5. The van der Waals surface area contributed by atoms with Gasteiger partial charge in [0.25, 0.3) is 5.91 Å². The maximum atomic E-state index is 12.1. The summed E-state index contributed by atoms with van der Waals surface area (Å²) in [5.41, 5.74) is 1.52. The second kappa shape index (κ2) is 9.72. The van der Waals surface area contributed by atoms with E-state index in [4.69, 9.17) is 0 Å². The predicted molar refractivity (Wildman–Crippen MR) is 95.9 cm³/mol. The third-order valence-corrected chi connectivity index (χ3v) is 3.80. The molecule has 0 atom stereocenters. The first-order chi connectivity index (χ1) is 10.3. The highest BCUT2D eigenvalue weighted by atomic mass is 35.5. The Morgan fingerprint density at radius 3 is 2.83 bits per heavy atom. The number of carbonyl (C=O) groups excluding carboxylic acids is 1. The Hall–Kier alpha value is -1.34. The minimum Gasteiger partial charge on any atom is -0.352 e. The highest BCUT2D eigenvalue weighted by molar-refractivity contribution is 5.94. The lowest BCUT2D eigenvalue weighted by Crippen LogP contribution is -2.44. The molecule has 0 spiro atoms. The van der Waals surface area contributed by atoms with Crippen LogP contribution in [0.3, 0.4) is 0 Å². The molecule has 0 bridgehead atoms. The Bertz CT molecular complexity index is 613. The second-order valence-electron chi connectivity index (χ2n) is 5.31. The van der Waals surface area contributed by atoms with Gasteiger partial charge in [-0.15, -0.1) is 24.8 Å². The molecule has 6 nitrogen and oxygen atoms in total. The van der Waals surface area contributed by atoms with Crippen molar-refractivity contribution in [2.45, 2.75) is 6.42 Å². The van der Waals surface area contributed by atoms with E-state index in [2.05, 4.69) is 20.5 Å². The predicted octanol–water partition coefficient (Wildman–Crippen LogP) is 1.20. The van der Waals surface area contributed by atoms with E-state index in [0.29, 0.717) is 12.1 Å². The molecule has 1 fully saturated rings. The average Bonchev–Trinajstić information content (AvgIpc) is 3.00. The van der Waals surface area contributed by atoms with E-state index >= 15 is 0 Å². The van der Waals surface area contributed by atoms with Crippen molar-refractivity contribution in [3.63, 3.8) is 0 Å². The number of hydrogen-bond acceptors (Lipinski definition) is 4. The summed E-state index contributed by atoms with van der Waals surface area (Å²) in [5.74, 6) is -0.0223. The Labute approximate surface area is 148 Å². The molecule has 1 amide bonds. The third kappa shape index (κ3) is 5.35. The Morgan fingerprint density at radius 2 is 2.04 bits per heavy atom. The van der Waals surface area contributed by atoms with Crippen LogP contribution in [0.2, 0.25) is 0 Å². The van der Waals surface area contributed by atoms with Crippen LogP contribution in [0.15, 0.2) is 30.7 Å². The first kappa shape index (κ1) is 19.7. The van der Waals surface area contributed by atoms with Crippen LogP contribution in [-0.4, -0.2) is 59.5 Å². The standard InChI is InChI=1S/C15H21N5O.2ClH/c21-15(13-2-3-14-17-7-11-20(14)12-13)18-4-1-8-19-9-5-16-6-10-19;;/h2-3,7,11-12,16H,1,4-6,8-10H2,(H,18,21);2*1H. The van der Waals surface area contributed by atoms with Crippen molar-refractivity contribution in [1.29, 1.82) is 0 Å². The summed E-state index contributed by atoms with van der Waals surface area (Å²) in [6.07, 6.45) is 6.37. The van der Waals surface area contributed by atoms with Crippen molar-refractivity contribution in [3.05, 3.63) is 36.3 Å². The van der Waals surface area contributed by atoms with Crippen molar-refractivity contribution in [2.24, 2.45) is 0 Å². The molecule has 2 aromatic rings. The molecule has 2 aromatic heterocycles. The molecule has 1 aliphatic heterocycles. The first-order valence-electron chi connectivity index (χ1n) is 7.47. The zero-order valence-corrected chi connectivity index (χ0v) is 14.5. The molecule has 3 rings (SSSR count). The molecule has 0 saturated carbocycles. The largest absolute Gasteiger partial charge is 0.352 e. The van der Waals surface area contributed by atoms with Gasteiger partial charge in [-0.25, -0.2) is 4.98 Å². The molecule has 0 radical (unpaired) electrons. The molecule has 2 N–H and O–H groups in total. The van der Waals surface area contributed by atoms with Crippen molar-refractivity contribution < 1.29 is 4.79 Å².